The first-order valence-corrected chi connectivity index (χ1v) is 16.6. The molecule has 5 fully saturated rings. The highest BCUT2D eigenvalue weighted by molar-refractivity contribution is 5.96. The molecule has 1 amide bonds. The lowest BCUT2D eigenvalue weighted by atomic mass is 9.51. The van der Waals surface area contributed by atoms with Crippen molar-refractivity contribution in [3.05, 3.63) is 66.0 Å². The predicted octanol–water partition coefficient (Wildman–Crippen LogP) is 7.72. The van der Waals surface area contributed by atoms with E-state index in [1.165, 1.54) is 24.0 Å². The quantitative estimate of drug-likeness (QED) is 0.274. The van der Waals surface area contributed by atoms with Crippen LogP contribution in [0.1, 0.15) is 94.2 Å². The maximum absolute atomic E-state index is 14.4. The van der Waals surface area contributed by atoms with Gasteiger partial charge in [0, 0.05) is 29.9 Å². The van der Waals surface area contributed by atoms with Crippen molar-refractivity contribution in [1.29, 1.82) is 0 Å². The van der Waals surface area contributed by atoms with E-state index < -0.39 is 5.97 Å². The summed E-state index contributed by atoms with van der Waals surface area (Å²) in [6.45, 7) is 2.86. The van der Waals surface area contributed by atoms with Gasteiger partial charge in [0.2, 0.25) is 5.91 Å². The average molecular weight is 596 g/mol. The monoisotopic (exact) mass is 595 g/mol. The normalized spacial score (nSPS) is 28.0. The zero-order valence-electron chi connectivity index (χ0n) is 26.1. The SMILES string of the molecule is COc1ccc(C23CCC(CN(c4cccc(-c5cnn(C6CC6)c5)c4)C(=O)[C@H]4CC[C@H](C(=O)O)CC4)(CC2)CC3)cc1C. The van der Waals surface area contributed by atoms with Crippen LogP contribution in [0.2, 0.25) is 0 Å². The molecule has 7 nitrogen and oxygen atoms in total. The van der Waals surface area contributed by atoms with Crippen LogP contribution in [0.15, 0.2) is 54.9 Å². The molecule has 0 atom stereocenters. The number of aromatic nitrogens is 2. The van der Waals surface area contributed by atoms with E-state index in [0.29, 0.717) is 31.7 Å². The number of carbonyl (C=O) groups excluding carboxylic acids is 1. The highest BCUT2D eigenvalue weighted by Crippen LogP contribution is 2.58. The van der Waals surface area contributed by atoms with Crippen LogP contribution in [0.4, 0.5) is 5.69 Å². The fraction of sp³-hybridized carbons (Fsp3) is 0.541. The topological polar surface area (TPSA) is 84.7 Å². The number of rotatable bonds is 9. The second-order valence-electron chi connectivity index (χ2n) is 14.3. The van der Waals surface area contributed by atoms with E-state index in [-0.39, 0.29) is 28.6 Å². The number of carboxylic acid groups (broad SMARTS) is 1. The van der Waals surface area contributed by atoms with Gasteiger partial charge in [-0.15, -0.1) is 0 Å². The summed E-state index contributed by atoms with van der Waals surface area (Å²) in [6, 6.07) is 15.7. The molecule has 8 rings (SSSR count). The number of nitrogens with zero attached hydrogens (tertiary/aromatic N) is 3. The fourth-order valence-corrected chi connectivity index (χ4v) is 8.46. The Hall–Kier alpha value is -3.61. The van der Waals surface area contributed by atoms with Gasteiger partial charge in [0.05, 0.1) is 25.3 Å². The zero-order chi connectivity index (χ0) is 30.5. The van der Waals surface area contributed by atoms with Crippen LogP contribution in [0.25, 0.3) is 11.1 Å². The first-order chi connectivity index (χ1) is 21.3. The molecule has 5 aliphatic rings. The Morgan fingerprint density at radius 3 is 2.27 bits per heavy atom. The number of hydrogen-bond acceptors (Lipinski definition) is 4. The van der Waals surface area contributed by atoms with E-state index in [1.54, 1.807) is 7.11 Å². The van der Waals surface area contributed by atoms with Crippen molar-refractivity contribution in [3.63, 3.8) is 0 Å². The number of aryl methyl sites for hydroxylation is 1. The number of carboxylic acids is 1. The van der Waals surface area contributed by atoms with E-state index in [4.69, 9.17) is 4.74 Å². The van der Waals surface area contributed by atoms with Gasteiger partial charge in [0.1, 0.15) is 5.75 Å². The maximum Gasteiger partial charge on any atom is 0.306 e. The van der Waals surface area contributed by atoms with Gasteiger partial charge in [-0.05, 0) is 130 Å². The van der Waals surface area contributed by atoms with Crippen molar-refractivity contribution in [3.8, 4) is 16.9 Å². The summed E-state index contributed by atoms with van der Waals surface area (Å²) in [4.78, 5) is 28.1. The number of benzene rings is 2. The molecular formula is C37H45N3O4. The van der Waals surface area contributed by atoms with Crippen LogP contribution in [0, 0.1) is 24.2 Å². The van der Waals surface area contributed by atoms with Crippen molar-refractivity contribution < 1.29 is 19.4 Å². The minimum Gasteiger partial charge on any atom is -0.496 e. The Balaban J connectivity index is 1.14. The van der Waals surface area contributed by atoms with Crippen LogP contribution in [0.3, 0.4) is 0 Å². The number of anilines is 1. The lowest BCUT2D eigenvalue weighted by Crippen LogP contribution is -2.51. The summed E-state index contributed by atoms with van der Waals surface area (Å²) in [6.07, 6.45) is 15.7. The summed E-state index contributed by atoms with van der Waals surface area (Å²) in [7, 11) is 1.73. The molecule has 2 aromatic carbocycles. The Morgan fingerprint density at radius 2 is 1.64 bits per heavy atom. The first kappa shape index (κ1) is 29.1. The van der Waals surface area contributed by atoms with Gasteiger partial charge in [0.25, 0.3) is 0 Å². The van der Waals surface area contributed by atoms with Gasteiger partial charge in [-0.25, -0.2) is 0 Å². The summed E-state index contributed by atoms with van der Waals surface area (Å²) in [5, 5.41) is 14.2. The Kier molecular flexibility index (Phi) is 7.54. The average Bonchev–Trinajstić information content (AvgIpc) is 3.80. The number of amides is 1. The Morgan fingerprint density at radius 1 is 0.932 bits per heavy atom. The van der Waals surface area contributed by atoms with Gasteiger partial charge >= 0.3 is 5.97 Å². The van der Waals surface area contributed by atoms with Crippen LogP contribution >= 0.6 is 0 Å². The molecule has 0 aliphatic heterocycles. The Bertz CT molecular complexity index is 1520. The number of fused-ring (bicyclic) bond motifs is 3. The molecule has 44 heavy (non-hydrogen) atoms. The largest absolute Gasteiger partial charge is 0.496 e. The minimum absolute atomic E-state index is 0.101. The van der Waals surface area contributed by atoms with E-state index in [0.717, 1.165) is 67.6 Å². The lowest BCUT2D eigenvalue weighted by Gasteiger charge is -2.55. The zero-order valence-corrected chi connectivity index (χ0v) is 26.1. The fourth-order valence-electron chi connectivity index (χ4n) is 8.46. The molecule has 232 valence electrons. The standard InChI is InChI=1S/C37H45N3O4/c1-25-20-30(10-13-33(25)44-2)37-17-14-36(15-18-37,16-19-37)24-39(34(41)26-6-8-27(9-7-26)35(42)43)32-5-3-4-28(21-32)29-22-38-40(23-29)31-11-12-31/h3-5,10,13,20-23,26-27,31H,6-9,11-12,14-19,24H2,1-2H3,(H,42,43)/t26-,27-,36?,37?. The minimum atomic E-state index is -0.731. The molecule has 5 aliphatic carbocycles. The van der Waals surface area contributed by atoms with Gasteiger partial charge in [-0.2, -0.15) is 5.10 Å². The molecule has 2 bridgehead atoms. The molecule has 0 radical (unpaired) electrons. The summed E-state index contributed by atoms with van der Waals surface area (Å²) < 4.78 is 7.61. The first-order valence-electron chi connectivity index (χ1n) is 16.6. The lowest BCUT2D eigenvalue weighted by molar-refractivity contribution is -0.144. The van der Waals surface area contributed by atoms with Crippen molar-refractivity contribution in [2.45, 2.75) is 95.4 Å². The van der Waals surface area contributed by atoms with E-state index in [9.17, 15) is 14.7 Å². The highest BCUT2D eigenvalue weighted by Gasteiger charge is 2.50. The molecular weight excluding hydrogens is 550 g/mol. The molecule has 1 heterocycles. The van der Waals surface area contributed by atoms with Crippen molar-refractivity contribution in [1.82, 2.24) is 9.78 Å². The molecule has 0 spiro atoms. The van der Waals surface area contributed by atoms with Gasteiger partial charge in [-0.3, -0.25) is 14.3 Å². The van der Waals surface area contributed by atoms with Crippen LogP contribution in [-0.2, 0) is 15.0 Å². The van der Waals surface area contributed by atoms with Gasteiger partial charge in [0.15, 0.2) is 0 Å². The summed E-state index contributed by atoms with van der Waals surface area (Å²) in [5.41, 5.74) is 6.07. The van der Waals surface area contributed by atoms with Crippen molar-refractivity contribution in [2.75, 3.05) is 18.6 Å². The van der Waals surface area contributed by atoms with E-state index in [1.807, 2.05) is 6.20 Å². The molecule has 0 unspecified atom stereocenters. The Labute approximate surface area is 260 Å². The molecule has 1 N–H and O–H groups in total. The summed E-state index contributed by atoms with van der Waals surface area (Å²) in [5.74, 6) is -0.0753. The predicted molar refractivity (Wildman–Crippen MR) is 171 cm³/mol. The third kappa shape index (κ3) is 5.43. The van der Waals surface area contributed by atoms with Gasteiger partial charge < -0.3 is 14.7 Å². The third-order valence-electron chi connectivity index (χ3n) is 11.6. The maximum atomic E-state index is 14.4. The van der Waals surface area contributed by atoms with Crippen LogP contribution in [0.5, 0.6) is 5.75 Å². The highest BCUT2D eigenvalue weighted by atomic mass is 16.5. The molecule has 5 saturated carbocycles. The summed E-state index contributed by atoms with van der Waals surface area (Å²) >= 11 is 0. The van der Waals surface area contributed by atoms with Crippen molar-refractivity contribution >= 4 is 17.6 Å². The smallest absolute Gasteiger partial charge is 0.306 e. The van der Waals surface area contributed by atoms with Crippen molar-refractivity contribution in [2.24, 2.45) is 17.3 Å². The number of ether oxygens (including phenoxy) is 1. The number of hydrogen-bond donors (Lipinski definition) is 1. The number of methoxy groups -OCH3 is 1. The second kappa shape index (κ2) is 11.4. The van der Waals surface area contributed by atoms with Gasteiger partial charge in [-0.1, -0.05) is 24.3 Å². The molecule has 0 saturated heterocycles. The third-order valence-corrected chi connectivity index (χ3v) is 11.6. The second-order valence-corrected chi connectivity index (χ2v) is 14.3. The van der Waals surface area contributed by atoms with Crippen LogP contribution < -0.4 is 9.64 Å². The number of aliphatic carboxylic acids is 1. The van der Waals surface area contributed by atoms with E-state index in [2.05, 4.69) is 70.3 Å². The van der Waals surface area contributed by atoms with Crippen LogP contribution in [-0.4, -0.2) is 40.4 Å². The van der Waals surface area contributed by atoms with E-state index >= 15 is 0 Å². The molecule has 3 aromatic rings. The molecule has 7 heteroatoms. The molecule has 1 aromatic heterocycles. The number of carbonyl (C=O) groups is 2.